The highest BCUT2D eigenvalue weighted by atomic mass is 35.5. The normalized spacial score (nSPS) is 11.2. The van der Waals surface area contributed by atoms with E-state index in [-0.39, 0.29) is 0 Å². The Morgan fingerprint density at radius 3 is 2.76 bits per heavy atom. The predicted molar refractivity (Wildman–Crippen MR) is 84.2 cm³/mol. The molecule has 21 heavy (non-hydrogen) atoms. The van der Waals surface area contributed by atoms with Gasteiger partial charge < -0.3 is 4.52 Å². The third-order valence-corrected chi connectivity index (χ3v) is 4.10. The van der Waals surface area contributed by atoms with E-state index in [1.165, 1.54) is 0 Å². The van der Waals surface area contributed by atoms with Gasteiger partial charge in [0.2, 0.25) is 0 Å². The molecule has 0 radical (unpaired) electrons. The molecule has 0 spiro atoms. The van der Waals surface area contributed by atoms with Crippen LogP contribution >= 0.6 is 22.9 Å². The molecule has 0 bridgehead atoms. The van der Waals surface area contributed by atoms with E-state index in [9.17, 15) is 0 Å². The van der Waals surface area contributed by atoms with E-state index in [1.54, 1.807) is 17.5 Å². The van der Waals surface area contributed by atoms with Gasteiger partial charge in [0, 0.05) is 34.3 Å². The van der Waals surface area contributed by atoms with E-state index in [1.807, 2.05) is 35.8 Å². The summed E-state index contributed by atoms with van der Waals surface area (Å²) in [6, 6.07) is 7.57. The van der Waals surface area contributed by atoms with Crippen molar-refractivity contribution in [3.05, 3.63) is 57.6 Å². The maximum atomic E-state index is 5.92. The molecule has 0 atom stereocenters. The monoisotopic (exact) mass is 319 g/mol. The van der Waals surface area contributed by atoms with E-state index in [4.69, 9.17) is 16.1 Å². The molecular weight excluding hydrogens is 306 g/mol. The molecule has 108 valence electrons. The van der Waals surface area contributed by atoms with Gasteiger partial charge in [-0.15, -0.1) is 11.3 Å². The fraction of sp³-hybridized carbons (Fsp3) is 0.200. The van der Waals surface area contributed by atoms with Crippen molar-refractivity contribution < 1.29 is 4.52 Å². The molecule has 3 rings (SSSR count). The van der Waals surface area contributed by atoms with Crippen molar-refractivity contribution in [3.63, 3.8) is 0 Å². The zero-order chi connectivity index (χ0) is 14.7. The summed E-state index contributed by atoms with van der Waals surface area (Å²) in [5.41, 5.74) is 2.03. The topological polar surface area (TPSA) is 42.2 Å². The van der Waals surface area contributed by atoms with Gasteiger partial charge in [0.15, 0.2) is 5.76 Å². The Balaban J connectivity index is 1.74. The molecule has 0 aliphatic carbocycles. The molecule has 0 fully saturated rings. The van der Waals surface area contributed by atoms with Crippen LogP contribution in [0.15, 0.2) is 46.6 Å². The van der Waals surface area contributed by atoms with Crippen molar-refractivity contribution in [2.75, 3.05) is 7.05 Å². The molecule has 4 nitrogen and oxygen atoms in total. The quantitative estimate of drug-likeness (QED) is 0.710. The van der Waals surface area contributed by atoms with E-state index in [2.05, 4.69) is 22.1 Å². The van der Waals surface area contributed by atoms with Crippen molar-refractivity contribution in [1.29, 1.82) is 0 Å². The third-order valence-electron chi connectivity index (χ3n) is 3.08. The smallest absolute Gasteiger partial charge is 0.171 e. The standard InChI is InChI=1S/C15H14ClN3OS/c1-19(10-14-17-6-7-21-14)9-12-8-18-20-15(12)11-2-4-13(16)5-3-11/h2-8H,9-10H2,1H3. The molecule has 0 amide bonds. The SMILES string of the molecule is CN(Cc1nccs1)Cc1cnoc1-c1ccc(Cl)cc1. The number of benzene rings is 1. The molecule has 1 aromatic carbocycles. The summed E-state index contributed by atoms with van der Waals surface area (Å²) in [6.45, 7) is 1.56. The summed E-state index contributed by atoms with van der Waals surface area (Å²) < 4.78 is 5.39. The van der Waals surface area contributed by atoms with Gasteiger partial charge >= 0.3 is 0 Å². The van der Waals surface area contributed by atoms with E-state index in [0.717, 1.165) is 35.0 Å². The van der Waals surface area contributed by atoms with Crippen LogP contribution < -0.4 is 0 Å². The highest BCUT2D eigenvalue weighted by Crippen LogP contribution is 2.26. The summed E-state index contributed by atoms with van der Waals surface area (Å²) in [5.74, 6) is 0.789. The van der Waals surface area contributed by atoms with Crippen LogP contribution in [-0.4, -0.2) is 22.1 Å². The Morgan fingerprint density at radius 2 is 2.05 bits per heavy atom. The first-order valence-electron chi connectivity index (χ1n) is 6.49. The summed E-state index contributed by atoms with van der Waals surface area (Å²) in [5, 5.41) is 7.72. The van der Waals surface area contributed by atoms with Gasteiger partial charge in [-0.3, -0.25) is 4.90 Å². The summed E-state index contributed by atoms with van der Waals surface area (Å²) in [6.07, 6.45) is 3.59. The second kappa shape index (κ2) is 6.39. The number of aromatic nitrogens is 2. The molecule has 0 saturated heterocycles. The van der Waals surface area contributed by atoms with Crippen LogP contribution in [0.5, 0.6) is 0 Å². The van der Waals surface area contributed by atoms with Crippen LogP contribution in [0.2, 0.25) is 5.02 Å². The van der Waals surface area contributed by atoms with Crippen LogP contribution in [-0.2, 0) is 13.1 Å². The molecular formula is C15H14ClN3OS. The summed E-state index contributed by atoms with van der Waals surface area (Å²) >= 11 is 7.58. The number of thiazole rings is 1. The average Bonchev–Trinajstić information content (AvgIpc) is 3.11. The molecule has 0 aliphatic heterocycles. The lowest BCUT2D eigenvalue weighted by molar-refractivity contribution is 0.318. The molecule has 0 N–H and O–H groups in total. The number of hydrogen-bond donors (Lipinski definition) is 0. The fourth-order valence-corrected chi connectivity index (χ4v) is 2.94. The minimum absolute atomic E-state index is 0.709. The van der Waals surface area contributed by atoms with Gasteiger partial charge in [-0.25, -0.2) is 4.98 Å². The van der Waals surface area contributed by atoms with Crippen molar-refractivity contribution in [2.24, 2.45) is 0 Å². The first-order valence-corrected chi connectivity index (χ1v) is 7.74. The third kappa shape index (κ3) is 3.50. The van der Waals surface area contributed by atoms with E-state index >= 15 is 0 Å². The van der Waals surface area contributed by atoms with Gasteiger partial charge in [-0.05, 0) is 31.3 Å². The second-order valence-electron chi connectivity index (χ2n) is 4.79. The minimum Gasteiger partial charge on any atom is -0.356 e. The number of rotatable bonds is 5. The Kier molecular flexibility index (Phi) is 4.34. The molecule has 0 saturated carbocycles. The first-order chi connectivity index (χ1) is 10.2. The van der Waals surface area contributed by atoms with Crippen LogP contribution in [0.3, 0.4) is 0 Å². The molecule has 2 aromatic heterocycles. The van der Waals surface area contributed by atoms with Crippen LogP contribution in [0.25, 0.3) is 11.3 Å². The molecule has 6 heteroatoms. The summed E-state index contributed by atoms with van der Waals surface area (Å²) in [4.78, 5) is 6.48. The second-order valence-corrected chi connectivity index (χ2v) is 6.20. The number of nitrogens with zero attached hydrogens (tertiary/aromatic N) is 3. The van der Waals surface area contributed by atoms with Crippen molar-refractivity contribution >= 4 is 22.9 Å². The van der Waals surface area contributed by atoms with Crippen LogP contribution in [0.1, 0.15) is 10.6 Å². The minimum atomic E-state index is 0.709. The van der Waals surface area contributed by atoms with Crippen molar-refractivity contribution in [2.45, 2.75) is 13.1 Å². The van der Waals surface area contributed by atoms with Gasteiger partial charge in [0.05, 0.1) is 12.7 Å². The molecule has 0 unspecified atom stereocenters. The first kappa shape index (κ1) is 14.3. The zero-order valence-corrected chi connectivity index (χ0v) is 13.1. The van der Waals surface area contributed by atoms with Gasteiger partial charge in [-0.2, -0.15) is 0 Å². The van der Waals surface area contributed by atoms with Crippen molar-refractivity contribution in [3.8, 4) is 11.3 Å². The molecule has 2 heterocycles. The lowest BCUT2D eigenvalue weighted by Crippen LogP contribution is -2.17. The molecule has 3 aromatic rings. The summed E-state index contributed by atoms with van der Waals surface area (Å²) in [7, 11) is 2.06. The van der Waals surface area contributed by atoms with Gasteiger partial charge in [-0.1, -0.05) is 16.8 Å². The van der Waals surface area contributed by atoms with Crippen LogP contribution in [0, 0.1) is 0 Å². The Morgan fingerprint density at radius 1 is 1.24 bits per heavy atom. The molecule has 0 aliphatic rings. The Bertz CT molecular complexity index is 694. The lowest BCUT2D eigenvalue weighted by Gasteiger charge is -2.14. The number of halogens is 1. The lowest BCUT2D eigenvalue weighted by atomic mass is 10.1. The Hall–Kier alpha value is -1.69. The van der Waals surface area contributed by atoms with Crippen molar-refractivity contribution in [1.82, 2.24) is 15.0 Å². The maximum Gasteiger partial charge on any atom is 0.171 e. The van der Waals surface area contributed by atoms with E-state index in [0.29, 0.717) is 5.02 Å². The highest BCUT2D eigenvalue weighted by molar-refractivity contribution is 7.09. The predicted octanol–water partition coefficient (Wildman–Crippen LogP) is 4.08. The average molecular weight is 320 g/mol. The zero-order valence-electron chi connectivity index (χ0n) is 11.5. The van der Waals surface area contributed by atoms with E-state index < -0.39 is 0 Å². The largest absolute Gasteiger partial charge is 0.356 e. The van der Waals surface area contributed by atoms with Gasteiger partial charge in [0.25, 0.3) is 0 Å². The van der Waals surface area contributed by atoms with Gasteiger partial charge in [0.1, 0.15) is 5.01 Å². The van der Waals surface area contributed by atoms with Crippen LogP contribution in [0.4, 0.5) is 0 Å². The maximum absolute atomic E-state index is 5.92. The highest BCUT2D eigenvalue weighted by Gasteiger charge is 2.13. The fourth-order valence-electron chi connectivity index (χ4n) is 2.12. The Labute approximate surface area is 132 Å². The number of hydrogen-bond acceptors (Lipinski definition) is 5.